The lowest BCUT2D eigenvalue weighted by Crippen LogP contribution is -2.07. The van der Waals surface area contributed by atoms with Gasteiger partial charge in [0.1, 0.15) is 0 Å². The van der Waals surface area contributed by atoms with Crippen molar-refractivity contribution in [2.24, 2.45) is 5.92 Å². The van der Waals surface area contributed by atoms with Crippen molar-refractivity contribution < 1.29 is 23.2 Å². The normalized spacial score (nSPS) is 18.2. The van der Waals surface area contributed by atoms with Gasteiger partial charge in [-0.15, -0.1) is 0 Å². The van der Waals surface area contributed by atoms with Gasteiger partial charge in [0.15, 0.2) is 0 Å². The van der Waals surface area contributed by atoms with Gasteiger partial charge in [-0.3, -0.25) is 9.05 Å². The van der Waals surface area contributed by atoms with Crippen LogP contribution < -0.4 is 0 Å². The number of rotatable bonds is 7. The molecule has 0 heterocycles. The standard InChI is InChI=1S/C7H17O5P/c1-7(6-10-2)4-5-12-13(8,9)11-3/h7H,4-6H2,1-3H3,(H,8,9). The maximum absolute atomic E-state index is 10.8. The minimum Gasteiger partial charge on any atom is -0.384 e. The van der Waals surface area contributed by atoms with E-state index in [1.807, 2.05) is 6.92 Å². The van der Waals surface area contributed by atoms with Crippen molar-refractivity contribution >= 4 is 7.82 Å². The van der Waals surface area contributed by atoms with Crippen molar-refractivity contribution in [2.75, 3.05) is 27.4 Å². The Balaban J connectivity index is 3.50. The molecule has 0 aliphatic rings. The summed E-state index contributed by atoms with van der Waals surface area (Å²) >= 11 is 0. The van der Waals surface area contributed by atoms with Gasteiger partial charge < -0.3 is 9.63 Å². The molecule has 2 unspecified atom stereocenters. The Labute approximate surface area is 78.6 Å². The zero-order valence-corrected chi connectivity index (χ0v) is 9.12. The highest BCUT2D eigenvalue weighted by Gasteiger charge is 2.18. The van der Waals surface area contributed by atoms with E-state index in [4.69, 9.17) is 9.63 Å². The second-order valence-corrected chi connectivity index (χ2v) is 4.39. The first-order valence-electron chi connectivity index (χ1n) is 4.04. The molecule has 0 radical (unpaired) electrons. The van der Waals surface area contributed by atoms with Gasteiger partial charge in [0, 0.05) is 20.8 Å². The monoisotopic (exact) mass is 212 g/mol. The number of phosphoric acid groups is 1. The molecule has 0 saturated carbocycles. The number of methoxy groups -OCH3 is 1. The Hall–Kier alpha value is 0.0700. The molecule has 0 bridgehead atoms. The second-order valence-electron chi connectivity index (χ2n) is 2.83. The Bertz CT molecular complexity index is 172. The summed E-state index contributed by atoms with van der Waals surface area (Å²) in [7, 11) is -1.04. The van der Waals surface area contributed by atoms with Crippen LogP contribution in [0, 0.1) is 5.92 Å². The fourth-order valence-electron chi connectivity index (χ4n) is 0.790. The van der Waals surface area contributed by atoms with Crippen molar-refractivity contribution in [2.45, 2.75) is 13.3 Å². The number of phosphoric ester groups is 1. The van der Waals surface area contributed by atoms with Gasteiger partial charge in [-0.25, -0.2) is 4.57 Å². The second kappa shape index (κ2) is 6.51. The molecule has 5 nitrogen and oxygen atoms in total. The Morgan fingerprint density at radius 3 is 2.54 bits per heavy atom. The lowest BCUT2D eigenvalue weighted by Gasteiger charge is -2.12. The van der Waals surface area contributed by atoms with Gasteiger partial charge in [0.2, 0.25) is 0 Å². The van der Waals surface area contributed by atoms with Crippen LogP contribution in [0.2, 0.25) is 0 Å². The van der Waals surface area contributed by atoms with Crippen LogP contribution in [0.1, 0.15) is 13.3 Å². The largest absolute Gasteiger partial charge is 0.471 e. The average Bonchev–Trinajstić information content (AvgIpc) is 2.05. The summed E-state index contributed by atoms with van der Waals surface area (Å²) in [4.78, 5) is 8.85. The van der Waals surface area contributed by atoms with E-state index >= 15 is 0 Å². The molecule has 2 atom stereocenters. The Morgan fingerprint density at radius 1 is 1.46 bits per heavy atom. The highest BCUT2D eigenvalue weighted by Crippen LogP contribution is 2.41. The van der Waals surface area contributed by atoms with Gasteiger partial charge in [-0.1, -0.05) is 6.92 Å². The Kier molecular flexibility index (Phi) is 6.55. The third kappa shape index (κ3) is 7.16. The van der Waals surface area contributed by atoms with E-state index in [0.29, 0.717) is 18.9 Å². The maximum atomic E-state index is 10.8. The minimum atomic E-state index is -3.79. The third-order valence-corrected chi connectivity index (χ3v) is 2.52. The molecule has 13 heavy (non-hydrogen) atoms. The molecule has 0 aliphatic heterocycles. The molecule has 6 heteroatoms. The van der Waals surface area contributed by atoms with Crippen LogP contribution in [-0.2, 0) is 18.3 Å². The zero-order chi connectivity index (χ0) is 10.3. The molecule has 0 spiro atoms. The predicted octanol–water partition coefficient (Wildman–Crippen LogP) is 1.42. The van der Waals surface area contributed by atoms with E-state index in [-0.39, 0.29) is 6.61 Å². The zero-order valence-electron chi connectivity index (χ0n) is 8.23. The van der Waals surface area contributed by atoms with E-state index < -0.39 is 7.82 Å². The molecule has 0 aromatic rings. The van der Waals surface area contributed by atoms with Crippen LogP contribution in [0.3, 0.4) is 0 Å². The fraction of sp³-hybridized carbons (Fsp3) is 1.00. The number of ether oxygens (including phenoxy) is 1. The first-order valence-corrected chi connectivity index (χ1v) is 5.53. The molecule has 0 aromatic heterocycles. The summed E-state index contributed by atoms with van der Waals surface area (Å²) in [6.45, 7) is 2.79. The van der Waals surface area contributed by atoms with Crippen molar-refractivity contribution in [3.8, 4) is 0 Å². The third-order valence-electron chi connectivity index (χ3n) is 1.55. The summed E-state index contributed by atoms with van der Waals surface area (Å²) in [5, 5.41) is 0. The van der Waals surface area contributed by atoms with E-state index in [1.165, 1.54) is 0 Å². The lowest BCUT2D eigenvalue weighted by molar-refractivity contribution is 0.128. The number of hydrogen-bond donors (Lipinski definition) is 1. The molecule has 1 N–H and O–H groups in total. The topological polar surface area (TPSA) is 65.0 Å². The minimum absolute atomic E-state index is 0.201. The molecular weight excluding hydrogens is 195 g/mol. The molecule has 0 amide bonds. The van der Waals surface area contributed by atoms with Crippen LogP contribution in [0.5, 0.6) is 0 Å². The summed E-state index contributed by atoms with van der Waals surface area (Å²) in [5.41, 5.74) is 0. The molecule has 0 fully saturated rings. The quantitative estimate of drug-likeness (QED) is 0.646. The fourth-order valence-corrected chi connectivity index (χ4v) is 1.23. The van der Waals surface area contributed by atoms with Crippen molar-refractivity contribution in [3.63, 3.8) is 0 Å². The van der Waals surface area contributed by atoms with Crippen LogP contribution in [0.15, 0.2) is 0 Å². The van der Waals surface area contributed by atoms with E-state index in [0.717, 1.165) is 7.11 Å². The van der Waals surface area contributed by atoms with E-state index in [2.05, 4.69) is 9.05 Å². The van der Waals surface area contributed by atoms with Gasteiger partial charge in [-0.05, 0) is 12.3 Å². The first kappa shape index (κ1) is 13.1. The van der Waals surface area contributed by atoms with Crippen LogP contribution in [0.25, 0.3) is 0 Å². The summed E-state index contributed by atoms with van der Waals surface area (Å²) in [6.07, 6.45) is 0.668. The SMILES string of the molecule is COCC(C)CCOP(=O)(O)OC. The molecule has 0 rings (SSSR count). The van der Waals surface area contributed by atoms with Crippen molar-refractivity contribution in [3.05, 3.63) is 0 Å². The summed E-state index contributed by atoms with van der Waals surface area (Å²) < 4.78 is 24.6. The highest BCUT2D eigenvalue weighted by molar-refractivity contribution is 7.47. The molecule has 0 aliphatic carbocycles. The van der Waals surface area contributed by atoms with Gasteiger partial charge in [-0.2, -0.15) is 0 Å². The van der Waals surface area contributed by atoms with Crippen molar-refractivity contribution in [1.82, 2.24) is 0 Å². The molecule has 0 aromatic carbocycles. The van der Waals surface area contributed by atoms with Gasteiger partial charge in [0.25, 0.3) is 0 Å². The highest BCUT2D eigenvalue weighted by atomic mass is 31.2. The van der Waals surface area contributed by atoms with Gasteiger partial charge in [0.05, 0.1) is 6.61 Å². The maximum Gasteiger partial charge on any atom is 0.471 e. The van der Waals surface area contributed by atoms with E-state index in [1.54, 1.807) is 7.11 Å². The van der Waals surface area contributed by atoms with E-state index in [9.17, 15) is 4.57 Å². The lowest BCUT2D eigenvalue weighted by atomic mass is 10.1. The summed E-state index contributed by atoms with van der Waals surface area (Å²) in [6, 6.07) is 0. The predicted molar refractivity (Wildman–Crippen MR) is 48.4 cm³/mol. The first-order chi connectivity index (χ1) is 6.02. The molecule has 80 valence electrons. The van der Waals surface area contributed by atoms with Crippen LogP contribution in [-0.4, -0.2) is 32.3 Å². The van der Waals surface area contributed by atoms with Crippen LogP contribution >= 0.6 is 7.82 Å². The van der Waals surface area contributed by atoms with Gasteiger partial charge >= 0.3 is 7.82 Å². The summed E-state index contributed by atoms with van der Waals surface area (Å²) in [5.74, 6) is 0.307. The molecule has 0 saturated heterocycles. The smallest absolute Gasteiger partial charge is 0.384 e. The van der Waals surface area contributed by atoms with Crippen molar-refractivity contribution in [1.29, 1.82) is 0 Å². The average molecular weight is 212 g/mol. The number of hydrogen-bond acceptors (Lipinski definition) is 4. The van der Waals surface area contributed by atoms with Crippen LogP contribution in [0.4, 0.5) is 0 Å². The molecular formula is C7H17O5P. The Morgan fingerprint density at radius 2 is 2.08 bits per heavy atom.